The van der Waals surface area contributed by atoms with Gasteiger partial charge in [-0.3, -0.25) is 4.86 Å². The van der Waals surface area contributed by atoms with Crippen LogP contribution in [0.1, 0.15) is 22.3 Å². The van der Waals surface area contributed by atoms with E-state index in [4.69, 9.17) is 0 Å². The molecule has 3 heteroatoms. The fourth-order valence-corrected chi connectivity index (χ4v) is 9.52. The molecule has 0 aliphatic heterocycles. The minimum atomic E-state index is -0.725. The molecule has 0 heterocycles. The van der Waals surface area contributed by atoms with Crippen LogP contribution in [0, 0.1) is 27.7 Å². The lowest BCUT2D eigenvalue weighted by Gasteiger charge is -2.30. The third kappa shape index (κ3) is 4.81. The Kier molecular flexibility index (Phi) is 6.99. The molecule has 0 amide bonds. The first-order valence-electron chi connectivity index (χ1n) is 10.7. The fraction of sp³-hybridized carbons (Fsp3) is 0.143. The number of benzene rings is 4. The maximum absolute atomic E-state index is 4.21. The SMILES string of the molecule is Cc1ccccc1P(NP(c1ccccc1C)c1ccccc1C)c1ccccc1C. The molecule has 0 fully saturated rings. The monoisotopic (exact) mass is 441 g/mol. The predicted octanol–water partition coefficient (Wildman–Crippen LogP) is 5.91. The molecule has 0 saturated carbocycles. The van der Waals surface area contributed by atoms with Crippen molar-refractivity contribution in [1.29, 1.82) is 0 Å². The summed E-state index contributed by atoms with van der Waals surface area (Å²) in [6, 6.07) is 35.3. The van der Waals surface area contributed by atoms with Crippen molar-refractivity contribution in [3.8, 4) is 0 Å². The average molecular weight is 441 g/mol. The molecule has 1 N–H and O–H groups in total. The van der Waals surface area contributed by atoms with Crippen molar-refractivity contribution in [2.75, 3.05) is 0 Å². The van der Waals surface area contributed by atoms with E-state index in [1.54, 1.807) is 0 Å². The van der Waals surface area contributed by atoms with Crippen LogP contribution in [0.4, 0.5) is 0 Å². The lowest BCUT2D eigenvalue weighted by atomic mass is 10.2. The Hall–Kier alpha value is -2.30. The molecule has 0 radical (unpaired) electrons. The molecule has 4 rings (SSSR count). The van der Waals surface area contributed by atoms with Gasteiger partial charge in [-0.2, -0.15) is 0 Å². The molecule has 0 spiro atoms. The molecule has 156 valence electrons. The summed E-state index contributed by atoms with van der Waals surface area (Å²) >= 11 is 0. The highest BCUT2D eigenvalue weighted by Gasteiger charge is 2.25. The summed E-state index contributed by atoms with van der Waals surface area (Å²) < 4.78 is 0. The van der Waals surface area contributed by atoms with Gasteiger partial charge in [-0.05, 0) is 71.2 Å². The standard InChI is InChI=1S/C28H29NP2/c1-21-13-5-9-17-25(21)30(26-18-10-6-14-22(26)2)29-31(27-19-11-7-15-23(27)3)28-20-12-8-16-24(28)4/h5-20,29H,1-4H3. The lowest BCUT2D eigenvalue weighted by Crippen LogP contribution is -2.30. The van der Waals surface area contributed by atoms with Gasteiger partial charge in [-0.1, -0.05) is 97.1 Å². The lowest BCUT2D eigenvalue weighted by molar-refractivity contribution is 1.47. The maximum atomic E-state index is 4.21. The number of hydrogen-bond acceptors (Lipinski definition) is 1. The Morgan fingerprint density at radius 2 is 0.613 bits per heavy atom. The van der Waals surface area contributed by atoms with Gasteiger partial charge in [0.2, 0.25) is 0 Å². The Labute approximate surface area is 189 Å². The smallest absolute Gasteiger partial charge is 0.0300 e. The van der Waals surface area contributed by atoms with Gasteiger partial charge in [-0.15, -0.1) is 0 Å². The zero-order chi connectivity index (χ0) is 21.8. The fourth-order valence-electron chi connectivity index (χ4n) is 3.83. The van der Waals surface area contributed by atoms with E-state index >= 15 is 0 Å². The summed E-state index contributed by atoms with van der Waals surface area (Å²) in [5, 5.41) is 5.62. The topological polar surface area (TPSA) is 12.0 Å². The molecule has 0 bridgehead atoms. The van der Waals surface area contributed by atoms with Gasteiger partial charge in [0.05, 0.1) is 0 Å². The van der Waals surface area contributed by atoms with Crippen LogP contribution in [0.15, 0.2) is 97.1 Å². The first-order valence-corrected chi connectivity index (χ1v) is 13.3. The second-order valence-corrected chi connectivity index (χ2v) is 12.0. The van der Waals surface area contributed by atoms with E-state index in [1.165, 1.54) is 43.5 Å². The first-order chi connectivity index (χ1) is 15.1. The second kappa shape index (κ2) is 9.88. The quantitative estimate of drug-likeness (QED) is 0.367. The van der Waals surface area contributed by atoms with Crippen molar-refractivity contribution in [3.63, 3.8) is 0 Å². The highest BCUT2D eigenvalue weighted by atomic mass is 31.2. The van der Waals surface area contributed by atoms with Crippen molar-refractivity contribution in [2.24, 2.45) is 0 Å². The predicted molar refractivity (Wildman–Crippen MR) is 140 cm³/mol. The number of hydrogen-bond donors (Lipinski definition) is 1. The minimum absolute atomic E-state index is 0.725. The van der Waals surface area contributed by atoms with Gasteiger partial charge in [-0.25, -0.2) is 0 Å². The summed E-state index contributed by atoms with van der Waals surface area (Å²) in [7, 11) is -1.45. The third-order valence-electron chi connectivity index (χ3n) is 5.63. The second-order valence-electron chi connectivity index (χ2n) is 7.92. The highest BCUT2D eigenvalue weighted by molar-refractivity contribution is 7.85. The van der Waals surface area contributed by atoms with E-state index in [0.29, 0.717) is 0 Å². The molecule has 31 heavy (non-hydrogen) atoms. The summed E-state index contributed by atoms with van der Waals surface area (Å²) in [4.78, 5) is 4.21. The Morgan fingerprint density at radius 3 is 0.839 bits per heavy atom. The van der Waals surface area contributed by atoms with Gasteiger partial charge in [0, 0.05) is 16.1 Å². The average Bonchev–Trinajstić information content (AvgIpc) is 2.78. The van der Waals surface area contributed by atoms with Crippen LogP contribution in [0.3, 0.4) is 0 Å². The number of nitrogens with one attached hydrogen (secondary N) is 1. The van der Waals surface area contributed by atoms with Crippen LogP contribution in [0.25, 0.3) is 0 Å². The van der Waals surface area contributed by atoms with Gasteiger partial charge in [0.15, 0.2) is 0 Å². The van der Waals surface area contributed by atoms with Crippen LogP contribution >= 0.6 is 16.1 Å². The van der Waals surface area contributed by atoms with Crippen LogP contribution in [-0.2, 0) is 0 Å². The van der Waals surface area contributed by atoms with Crippen molar-refractivity contribution in [1.82, 2.24) is 4.86 Å². The molecule has 0 aromatic heterocycles. The van der Waals surface area contributed by atoms with E-state index in [9.17, 15) is 0 Å². The van der Waals surface area contributed by atoms with E-state index in [2.05, 4.69) is 130 Å². The molecule has 4 aromatic carbocycles. The molecule has 0 aliphatic carbocycles. The van der Waals surface area contributed by atoms with E-state index < -0.39 is 16.1 Å². The third-order valence-corrected chi connectivity index (χ3v) is 11.2. The van der Waals surface area contributed by atoms with Crippen LogP contribution in [0.5, 0.6) is 0 Å². The van der Waals surface area contributed by atoms with Crippen molar-refractivity contribution in [3.05, 3.63) is 119 Å². The van der Waals surface area contributed by atoms with E-state index in [1.807, 2.05) is 0 Å². The number of aryl methyl sites for hydroxylation is 4. The molecular weight excluding hydrogens is 412 g/mol. The first kappa shape index (κ1) is 21.9. The molecule has 1 nitrogen and oxygen atoms in total. The minimum Gasteiger partial charge on any atom is -0.259 e. The highest BCUT2D eigenvalue weighted by Crippen LogP contribution is 2.44. The zero-order valence-electron chi connectivity index (χ0n) is 18.6. The van der Waals surface area contributed by atoms with E-state index in [-0.39, 0.29) is 0 Å². The molecule has 0 saturated heterocycles. The van der Waals surface area contributed by atoms with Gasteiger partial charge in [0.25, 0.3) is 0 Å². The normalized spacial score (nSPS) is 11.3. The number of rotatable bonds is 6. The summed E-state index contributed by atoms with van der Waals surface area (Å²) in [5.41, 5.74) is 5.37. The Morgan fingerprint density at radius 1 is 0.387 bits per heavy atom. The molecule has 0 unspecified atom stereocenters. The van der Waals surface area contributed by atoms with Crippen LogP contribution in [0.2, 0.25) is 0 Å². The largest absolute Gasteiger partial charge is 0.259 e. The van der Waals surface area contributed by atoms with Gasteiger partial charge in [0.1, 0.15) is 0 Å². The Bertz CT molecular complexity index is 1000. The summed E-state index contributed by atoms with van der Waals surface area (Å²) in [6.07, 6.45) is 0. The Balaban J connectivity index is 1.89. The molecule has 4 aromatic rings. The van der Waals surface area contributed by atoms with Gasteiger partial charge >= 0.3 is 0 Å². The maximum Gasteiger partial charge on any atom is 0.0300 e. The zero-order valence-corrected chi connectivity index (χ0v) is 20.4. The molecule has 0 aliphatic rings. The van der Waals surface area contributed by atoms with Crippen molar-refractivity contribution < 1.29 is 0 Å². The molecular formula is C28H29NP2. The molecule has 0 atom stereocenters. The van der Waals surface area contributed by atoms with Crippen molar-refractivity contribution in [2.45, 2.75) is 27.7 Å². The van der Waals surface area contributed by atoms with E-state index in [0.717, 1.165) is 0 Å². The van der Waals surface area contributed by atoms with Crippen LogP contribution < -0.4 is 26.1 Å². The summed E-state index contributed by atoms with van der Waals surface area (Å²) in [6.45, 7) is 8.92. The van der Waals surface area contributed by atoms with Crippen LogP contribution in [-0.4, -0.2) is 0 Å². The van der Waals surface area contributed by atoms with Crippen molar-refractivity contribution >= 4 is 37.4 Å². The van der Waals surface area contributed by atoms with Gasteiger partial charge < -0.3 is 0 Å². The summed E-state index contributed by atoms with van der Waals surface area (Å²) in [5.74, 6) is 0.